The Morgan fingerprint density at radius 2 is 1.44 bits per heavy atom. The summed E-state index contributed by atoms with van der Waals surface area (Å²) in [5, 5.41) is 0. The predicted molar refractivity (Wildman–Crippen MR) is 71.6 cm³/mol. The summed E-state index contributed by atoms with van der Waals surface area (Å²) < 4.78 is 5.55. The number of benzene rings is 1. The molecule has 1 aromatic rings. The van der Waals surface area contributed by atoms with Crippen LogP contribution in [0.1, 0.15) is 46.2 Å². The lowest BCUT2D eigenvalue weighted by Gasteiger charge is -2.09. The molecule has 0 aliphatic carbocycles. The first-order valence-corrected chi connectivity index (χ1v) is 5.77. The van der Waals surface area contributed by atoms with Crippen molar-refractivity contribution in [3.05, 3.63) is 35.4 Å². The number of hydrogen-bond donors (Lipinski definition) is 0. The van der Waals surface area contributed by atoms with Crippen LogP contribution in [0.5, 0.6) is 0 Å². The largest absolute Gasteiger partial charge is 0.374 e. The molecule has 0 fully saturated rings. The van der Waals surface area contributed by atoms with E-state index in [9.17, 15) is 0 Å². The first-order valence-electron chi connectivity index (χ1n) is 5.77. The zero-order valence-electron chi connectivity index (χ0n) is 10.3. The Morgan fingerprint density at radius 3 is 1.88 bits per heavy atom. The molecule has 0 radical (unpaired) electrons. The van der Waals surface area contributed by atoms with Crippen LogP contribution in [0.15, 0.2) is 24.3 Å². The van der Waals surface area contributed by atoms with Gasteiger partial charge in [-0.15, -0.1) is 0 Å². The van der Waals surface area contributed by atoms with E-state index in [1.165, 1.54) is 11.1 Å². The summed E-state index contributed by atoms with van der Waals surface area (Å²) in [6, 6.07) is 8.75. The van der Waals surface area contributed by atoms with E-state index < -0.39 is 0 Å². The van der Waals surface area contributed by atoms with Crippen LogP contribution in [0.3, 0.4) is 0 Å². The second kappa shape index (κ2) is 7.45. The molecule has 0 N–H and O–H groups in total. The minimum absolute atomic E-state index is 0. The van der Waals surface area contributed by atoms with E-state index in [1.807, 2.05) is 0 Å². The van der Waals surface area contributed by atoms with Crippen LogP contribution >= 0.6 is 0 Å². The molecule has 1 heteroatoms. The van der Waals surface area contributed by atoms with Crippen molar-refractivity contribution in [2.24, 2.45) is 5.92 Å². The van der Waals surface area contributed by atoms with Gasteiger partial charge in [0, 0.05) is 0 Å². The lowest BCUT2D eigenvalue weighted by atomic mass is 10.0. The van der Waals surface area contributed by atoms with Gasteiger partial charge in [-0.2, -0.15) is 0 Å². The fourth-order valence-corrected chi connectivity index (χ4v) is 1.51. The molecule has 92 valence electrons. The molecule has 0 amide bonds. The highest BCUT2D eigenvalue weighted by Crippen LogP contribution is 2.10. The first kappa shape index (κ1) is 15.2. The van der Waals surface area contributed by atoms with Crippen LogP contribution in [0.4, 0.5) is 0 Å². The van der Waals surface area contributed by atoms with Crippen LogP contribution < -0.4 is 0 Å². The molecule has 0 aliphatic heterocycles. The van der Waals surface area contributed by atoms with Gasteiger partial charge in [-0.3, -0.25) is 0 Å². The normalized spacial score (nSPS) is 10.6. The summed E-state index contributed by atoms with van der Waals surface area (Å²) >= 11 is 0. The first-order chi connectivity index (χ1) is 7.08. The van der Waals surface area contributed by atoms with Crippen molar-refractivity contribution in [2.75, 3.05) is 0 Å². The third kappa shape index (κ3) is 5.92. The average molecular weight is 222 g/mol. The molecule has 1 nitrogen and oxygen atoms in total. The predicted octanol–water partition coefficient (Wildman–Crippen LogP) is 4.45. The van der Waals surface area contributed by atoms with Gasteiger partial charge in [-0.1, -0.05) is 45.5 Å². The maximum atomic E-state index is 5.55. The van der Waals surface area contributed by atoms with Gasteiger partial charge in [0.2, 0.25) is 0 Å². The van der Waals surface area contributed by atoms with Crippen LogP contribution in [0, 0.1) is 5.92 Å². The fraction of sp³-hybridized carbons (Fsp3) is 0.600. The summed E-state index contributed by atoms with van der Waals surface area (Å²) in [6.45, 7) is 9.34. The van der Waals surface area contributed by atoms with E-state index in [2.05, 4.69) is 52.0 Å². The van der Waals surface area contributed by atoms with Gasteiger partial charge in [-0.05, 0) is 37.3 Å². The van der Waals surface area contributed by atoms with Gasteiger partial charge in [0.05, 0.1) is 12.7 Å². The SMILES string of the molecule is C.CC(C)Cc1ccc(COC(C)C)cc1. The molecule has 0 saturated heterocycles. The molecule has 0 spiro atoms. The molecular weight excluding hydrogens is 196 g/mol. The van der Waals surface area contributed by atoms with Crippen LogP contribution in [-0.4, -0.2) is 6.10 Å². The Kier molecular flexibility index (Phi) is 7.07. The van der Waals surface area contributed by atoms with Crippen molar-refractivity contribution in [3.8, 4) is 0 Å². The Balaban J connectivity index is 0.00000225. The van der Waals surface area contributed by atoms with E-state index in [0.29, 0.717) is 6.10 Å². The Labute approximate surface area is 101 Å². The second-order valence-corrected chi connectivity index (χ2v) is 4.77. The van der Waals surface area contributed by atoms with Crippen molar-refractivity contribution < 1.29 is 4.74 Å². The standard InChI is InChI=1S/C14H22O.CH4/c1-11(2)9-13-5-7-14(8-6-13)10-15-12(3)4;/h5-8,11-12H,9-10H2,1-4H3;1H4. The summed E-state index contributed by atoms with van der Waals surface area (Å²) in [5.41, 5.74) is 2.68. The highest BCUT2D eigenvalue weighted by Gasteiger charge is 1.99. The van der Waals surface area contributed by atoms with Gasteiger partial charge in [0.25, 0.3) is 0 Å². The van der Waals surface area contributed by atoms with Gasteiger partial charge in [-0.25, -0.2) is 0 Å². The highest BCUT2D eigenvalue weighted by atomic mass is 16.5. The average Bonchev–Trinajstić information content (AvgIpc) is 2.16. The zero-order chi connectivity index (χ0) is 11.3. The minimum Gasteiger partial charge on any atom is -0.374 e. The van der Waals surface area contributed by atoms with E-state index in [4.69, 9.17) is 4.74 Å². The molecule has 0 unspecified atom stereocenters. The minimum atomic E-state index is 0. The molecule has 0 atom stereocenters. The lowest BCUT2D eigenvalue weighted by Crippen LogP contribution is -2.02. The summed E-state index contributed by atoms with van der Waals surface area (Å²) in [4.78, 5) is 0. The fourth-order valence-electron chi connectivity index (χ4n) is 1.51. The number of rotatable bonds is 5. The Bertz CT molecular complexity index is 272. The zero-order valence-corrected chi connectivity index (χ0v) is 10.3. The van der Waals surface area contributed by atoms with E-state index in [0.717, 1.165) is 18.9 Å². The van der Waals surface area contributed by atoms with E-state index in [1.54, 1.807) is 0 Å². The van der Waals surface area contributed by atoms with Crippen molar-refractivity contribution in [1.82, 2.24) is 0 Å². The third-order valence-corrected chi connectivity index (χ3v) is 2.25. The van der Waals surface area contributed by atoms with Crippen LogP contribution in [0.25, 0.3) is 0 Å². The van der Waals surface area contributed by atoms with Crippen molar-refractivity contribution >= 4 is 0 Å². The van der Waals surface area contributed by atoms with E-state index >= 15 is 0 Å². The van der Waals surface area contributed by atoms with Crippen LogP contribution in [-0.2, 0) is 17.8 Å². The molecule has 1 aromatic carbocycles. The van der Waals surface area contributed by atoms with Crippen LogP contribution in [0.2, 0.25) is 0 Å². The smallest absolute Gasteiger partial charge is 0.0720 e. The second-order valence-electron chi connectivity index (χ2n) is 4.77. The number of hydrogen-bond acceptors (Lipinski definition) is 1. The maximum absolute atomic E-state index is 5.55. The molecule has 0 heterocycles. The lowest BCUT2D eigenvalue weighted by molar-refractivity contribution is 0.0657. The molecule has 0 aliphatic rings. The molecular formula is C15H26O. The summed E-state index contributed by atoms with van der Waals surface area (Å²) in [5.74, 6) is 0.725. The van der Waals surface area contributed by atoms with E-state index in [-0.39, 0.29) is 7.43 Å². The Hall–Kier alpha value is -0.820. The van der Waals surface area contributed by atoms with Crippen molar-refractivity contribution in [2.45, 2.75) is 54.3 Å². The van der Waals surface area contributed by atoms with Crippen molar-refractivity contribution in [3.63, 3.8) is 0 Å². The molecule has 16 heavy (non-hydrogen) atoms. The summed E-state index contributed by atoms with van der Waals surface area (Å²) in [7, 11) is 0. The number of ether oxygens (including phenoxy) is 1. The summed E-state index contributed by atoms with van der Waals surface area (Å²) in [6.07, 6.45) is 1.46. The molecule has 0 saturated carbocycles. The quantitative estimate of drug-likeness (QED) is 0.715. The van der Waals surface area contributed by atoms with Crippen molar-refractivity contribution in [1.29, 1.82) is 0 Å². The third-order valence-electron chi connectivity index (χ3n) is 2.25. The molecule has 0 aromatic heterocycles. The maximum Gasteiger partial charge on any atom is 0.0720 e. The Morgan fingerprint density at radius 1 is 0.938 bits per heavy atom. The van der Waals surface area contributed by atoms with Gasteiger partial charge in [0.1, 0.15) is 0 Å². The van der Waals surface area contributed by atoms with Gasteiger partial charge < -0.3 is 4.74 Å². The molecule has 0 bridgehead atoms. The monoisotopic (exact) mass is 222 g/mol. The van der Waals surface area contributed by atoms with Gasteiger partial charge >= 0.3 is 0 Å². The molecule has 1 rings (SSSR count). The topological polar surface area (TPSA) is 9.23 Å². The van der Waals surface area contributed by atoms with Gasteiger partial charge in [0.15, 0.2) is 0 Å². The highest BCUT2D eigenvalue weighted by molar-refractivity contribution is 5.22.